The van der Waals surface area contributed by atoms with Gasteiger partial charge in [-0.25, -0.2) is 0 Å². The van der Waals surface area contributed by atoms with Gasteiger partial charge in [-0.1, -0.05) is 31.6 Å². The Balaban J connectivity index is 2.01. The summed E-state index contributed by atoms with van der Waals surface area (Å²) in [5, 5.41) is 11.8. The minimum atomic E-state index is -0.153. The largest absolute Gasteiger partial charge is 0.384 e. The maximum absolute atomic E-state index is 12.2. The van der Waals surface area contributed by atoms with Crippen LogP contribution in [0.3, 0.4) is 0 Å². The molecule has 3 heteroatoms. The van der Waals surface area contributed by atoms with Crippen LogP contribution in [0, 0.1) is 24.2 Å². The Kier molecular flexibility index (Phi) is 5.03. The van der Waals surface area contributed by atoms with E-state index in [1.165, 1.54) is 25.7 Å². The molecule has 1 aliphatic carbocycles. The summed E-state index contributed by atoms with van der Waals surface area (Å²) in [6, 6.07) is 5.48. The van der Waals surface area contributed by atoms with Crippen molar-refractivity contribution in [3.05, 3.63) is 34.9 Å². The van der Waals surface area contributed by atoms with E-state index in [1.54, 1.807) is 6.07 Å². The number of aryl methyl sites for hydroxylation is 1. The molecule has 1 aliphatic rings. The van der Waals surface area contributed by atoms with Crippen LogP contribution < -0.4 is 5.32 Å². The quantitative estimate of drug-likeness (QED) is 0.839. The van der Waals surface area contributed by atoms with E-state index in [9.17, 15) is 4.79 Å². The maximum atomic E-state index is 12.2. The van der Waals surface area contributed by atoms with Crippen molar-refractivity contribution in [2.45, 2.75) is 39.5 Å². The van der Waals surface area contributed by atoms with E-state index in [4.69, 9.17) is 5.11 Å². The molecule has 1 amide bonds. The molecular weight excluding hydrogens is 262 g/mol. The first-order valence-electron chi connectivity index (χ1n) is 7.53. The van der Waals surface area contributed by atoms with E-state index < -0.39 is 0 Å². The smallest absolute Gasteiger partial charge is 0.251 e. The van der Waals surface area contributed by atoms with E-state index in [1.807, 2.05) is 19.1 Å². The Morgan fingerprint density at radius 2 is 2.10 bits per heavy atom. The fourth-order valence-corrected chi connectivity index (χ4v) is 2.88. The molecule has 2 N–H and O–H groups in total. The van der Waals surface area contributed by atoms with Gasteiger partial charge >= 0.3 is 0 Å². The first kappa shape index (κ1) is 15.6. The number of benzene rings is 1. The van der Waals surface area contributed by atoms with Gasteiger partial charge in [0.25, 0.3) is 5.91 Å². The van der Waals surface area contributed by atoms with Crippen molar-refractivity contribution < 1.29 is 9.90 Å². The summed E-state index contributed by atoms with van der Waals surface area (Å²) in [6.45, 7) is 4.77. The lowest BCUT2D eigenvalue weighted by Crippen LogP contribution is -2.34. The fourth-order valence-electron chi connectivity index (χ4n) is 2.88. The van der Waals surface area contributed by atoms with E-state index in [-0.39, 0.29) is 17.9 Å². The first-order chi connectivity index (χ1) is 10.0. The molecule has 1 saturated carbocycles. The number of hydrogen-bond donors (Lipinski definition) is 2. The monoisotopic (exact) mass is 285 g/mol. The molecule has 0 heterocycles. The van der Waals surface area contributed by atoms with Crippen molar-refractivity contribution in [1.82, 2.24) is 5.32 Å². The molecule has 1 fully saturated rings. The Bertz CT molecular complexity index is 575. The van der Waals surface area contributed by atoms with Crippen LogP contribution >= 0.6 is 0 Å². The number of carbonyl (C=O) groups excluding carboxylic acids is 1. The molecule has 0 saturated heterocycles. The minimum absolute atomic E-state index is 0.0205. The number of hydrogen-bond acceptors (Lipinski definition) is 2. The van der Waals surface area contributed by atoms with Crippen LogP contribution in [0.25, 0.3) is 0 Å². The zero-order chi connectivity index (χ0) is 15.3. The van der Waals surface area contributed by atoms with Crippen LogP contribution in [0.15, 0.2) is 18.2 Å². The van der Waals surface area contributed by atoms with Crippen LogP contribution in [-0.2, 0) is 0 Å². The number of aliphatic hydroxyl groups is 1. The number of rotatable bonds is 3. The van der Waals surface area contributed by atoms with Crippen molar-refractivity contribution in [3.8, 4) is 11.8 Å². The molecule has 3 nitrogen and oxygen atoms in total. The van der Waals surface area contributed by atoms with Crippen LogP contribution in [0.2, 0.25) is 0 Å². The summed E-state index contributed by atoms with van der Waals surface area (Å²) in [6.07, 6.45) is 4.93. The van der Waals surface area contributed by atoms with Gasteiger partial charge in [0.1, 0.15) is 6.61 Å². The molecule has 0 atom stereocenters. The zero-order valence-corrected chi connectivity index (χ0v) is 12.8. The number of aliphatic hydroxyl groups excluding tert-OH is 1. The van der Waals surface area contributed by atoms with Gasteiger partial charge in [-0.3, -0.25) is 4.79 Å². The Morgan fingerprint density at radius 1 is 1.38 bits per heavy atom. The SMILES string of the molecule is Cc1cc(C(=O)NCC2(C)CCCC2)ccc1C#CCO. The van der Waals surface area contributed by atoms with Crippen LogP contribution in [0.1, 0.15) is 54.1 Å². The molecule has 0 bridgehead atoms. The third-order valence-electron chi connectivity index (χ3n) is 4.28. The minimum Gasteiger partial charge on any atom is -0.384 e. The number of nitrogens with one attached hydrogen (secondary N) is 1. The second kappa shape index (κ2) is 6.78. The highest BCUT2D eigenvalue weighted by atomic mass is 16.2. The third kappa shape index (κ3) is 4.09. The van der Waals surface area contributed by atoms with E-state index >= 15 is 0 Å². The van der Waals surface area contributed by atoms with E-state index in [0.717, 1.165) is 17.7 Å². The highest BCUT2D eigenvalue weighted by molar-refractivity contribution is 5.94. The average Bonchev–Trinajstić information content (AvgIpc) is 2.91. The molecule has 1 aromatic carbocycles. The van der Waals surface area contributed by atoms with Crippen LogP contribution in [0.5, 0.6) is 0 Å². The molecule has 1 aromatic rings. The molecule has 0 spiro atoms. The predicted octanol–water partition coefficient (Wildman–Crippen LogP) is 2.65. The van der Waals surface area contributed by atoms with Crippen molar-refractivity contribution in [2.75, 3.05) is 13.2 Å². The topological polar surface area (TPSA) is 49.3 Å². The Morgan fingerprint density at radius 3 is 2.71 bits per heavy atom. The number of carbonyl (C=O) groups is 1. The summed E-state index contributed by atoms with van der Waals surface area (Å²) < 4.78 is 0. The third-order valence-corrected chi connectivity index (χ3v) is 4.28. The average molecular weight is 285 g/mol. The van der Waals surface area contributed by atoms with Crippen molar-refractivity contribution in [3.63, 3.8) is 0 Å². The first-order valence-corrected chi connectivity index (χ1v) is 7.53. The van der Waals surface area contributed by atoms with Crippen molar-refractivity contribution in [1.29, 1.82) is 0 Å². The predicted molar refractivity (Wildman–Crippen MR) is 84.1 cm³/mol. The summed E-state index contributed by atoms with van der Waals surface area (Å²) in [7, 11) is 0. The zero-order valence-electron chi connectivity index (χ0n) is 12.8. The van der Waals surface area contributed by atoms with Gasteiger partial charge in [0, 0.05) is 17.7 Å². The summed E-state index contributed by atoms with van der Waals surface area (Å²) >= 11 is 0. The molecule has 2 rings (SSSR count). The lowest BCUT2D eigenvalue weighted by atomic mass is 9.89. The standard InChI is InChI=1S/C18H23NO2/c1-14-12-16(8-7-15(14)6-5-11-20)17(21)19-13-18(2)9-3-4-10-18/h7-8,12,20H,3-4,9-11,13H2,1-2H3,(H,19,21). The normalized spacial score (nSPS) is 16.1. The molecule has 0 radical (unpaired) electrons. The summed E-state index contributed by atoms with van der Waals surface area (Å²) in [5.41, 5.74) is 2.74. The van der Waals surface area contributed by atoms with Gasteiger partial charge in [0.05, 0.1) is 0 Å². The second-order valence-corrected chi connectivity index (χ2v) is 6.19. The van der Waals surface area contributed by atoms with E-state index in [0.29, 0.717) is 5.56 Å². The molecule has 0 unspecified atom stereocenters. The van der Waals surface area contributed by atoms with Crippen molar-refractivity contribution >= 4 is 5.91 Å². The highest BCUT2D eigenvalue weighted by Gasteiger charge is 2.28. The Hall–Kier alpha value is -1.79. The van der Waals surface area contributed by atoms with Crippen molar-refractivity contribution in [2.24, 2.45) is 5.41 Å². The second-order valence-electron chi connectivity index (χ2n) is 6.19. The lowest BCUT2D eigenvalue weighted by molar-refractivity contribution is 0.0934. The van der Waals surface area contributed by atoms with Gasteiger partial charge < -0.3 is 10.4 Å². The fraction of sp³-hybridized carbons (Fsp3) is 0.500. The van der Waals surface area contributed by atoms with Gasteiger partial charge in [0.2, 0.25) is 0 Å². The lowest BCUT2D eigenvalue weighted by Gasteiger charge is -2.23. The summed E-state index contributed by atoms with van der Waals surface area (Å²) in [5.74, 6) is 5.49. The van der Waals surface area contributed by atoms with Gasteiger partial charge in [0.15, 0.2) is 0 Å². The number of amides is 1. The molecule has 0 aromatic heterocycles. The highest BCUT2D eigenvalue weighted by Crippen LogP contribution is 2.36. The van der Waals surface area contributed by atoms with Crippen LogP contribution in [0.4, 0.5) is 0 Å². The van der Waals surface area contributed by atoms with Crippen LogP contribution in [-0.4, -0.2) is 24.2 Å². The molecular formula is C18H23NO2. The molecule has 21 heavy (non-hydrogen) atoms. The molecule has 0 aliphatic heterocycles. The van der Waals surface area contributed by atoms with E-state index in [2.05, 4.69) is 24.1 Å². The van der Waals surface area contributed by atoms with Gasteiger partial charge in [-0.05, 0) is 48.9 Å². The Labute approximate surface area is 126 Å². The summed E-state index contributed by atoms with van der Waals surface area (Å²) in [4.78, 5) is 12.2. The van der Waals surface area contributed by atoms with Gasteiger partial charge in [-0.2, -0.15) is 0 Å². The molecule has 112 valence electrons. The van der Waals surface area contributed by atoms with Gasteiger partial charge in [-0.15, -0.1) is 0 Å². The maximum Gasteiger partial charge on any atom is 0.251 e.